The van der Waals surface area contributed by atoms with E-state index in [9.17, 15) is 4.79 Å². The van der Waals surface area contributed by atoms with Crippen LogP contribution in [0.4, 0.5) is 10.9 Å². The molecule has 3 rings (SSSR count). The zero-order valence-electron chi connectivity index (χ0n) is 13.2. The third kappa shape index (κ3) is 3.92. The lowest BCUT2D eigenvalue weighted by atomic mass is 10.2. The molecular formula is C15H16N6OS2. The van der Waals surface area contributed by atoms with Gasteiger partial charge in [-0.2, -0.15) is 5.10 Å². The minimum Gasteiger partial charge on any atom is -0.374 e. The van der Waals surface area contributed by atoms with E-state index in [2.05, 4.69) is 20.6 Å². The highest BCUT2D eigenvalue weighted by atomic mass is 32.2. The lowest BCUT2D eigenvalue weighted by Crippen LogP contribution is -2.16. The second-order valence-corrected chi connectivity index (χ2v) is 7.39. The fourth-order valence-electron chi connectivity index (χ4n) is 2.06. The zero-order valence-corrected chi connectivity index (χ0v) is 14.8. The average molecular weight is 360 g/mol. The van der Waals surface area contributed by atoms with Gasteiger partial charge >= 0.3 is 0 Å². The number of nitrogens with one attached hydrogen (secondary N) is 1. The van der Waals surface area contributed by atoms with Crippen LogP contribution in [0, 0.1) is 13.8 Å². The largest absolute Gasteiger partial charge is 0.374 e. The predicted molar refractivity (Wildman–Crippen MR) is 96.7 cm³/mol. The number of nitrogens with two attached hydrogens (primary N) is 1. The van der Waals surface area contributed by atoms with Gasteiger partial charge in [-0.15, -0.1) is 10.2 Å². The Morgan fingerprint density at radius 1 is 1.29 bits per heavy atom. The van der Waals surface area contributed by atoms with Gasteiger partial charge in [0.1, 0.15) is 5.82 Å². The van der Waals surface area contributed by atoms with Crippen LogP contribution in [0.1, 0.15) is 11.3 Å². The van der Waals surface area contributed by atoms with Crippen LogP contribution in [-0.4, -0.2) is 31.6 Å². The molecule has 7 nitrogen and oxygen atoms in total. The molecule has 1 aromatic carbocycles. The number of benzene rings is 1. The van der Waals surface area contributed by atoms with Gasteiger partial charge in [0.05, 0.1) is 17.1 Å². The number of thioether (sulfide) groups is 1. The van der Waals surface area contributed by atoms with Gasteiger partial charge in [0, 0.05) is 6.07 Å². The molecule has 0 radical (unpaired) electrons. The standard InChI is InChI=1S/C15H16N6OS2/c1-9-3-5-11(6-4-9)21-12(7-10(2)20-21)17-13(22)8-23-15-19-18-14(16)24-15/h3-7H,8H2,1-2H3,(H2,16,18)(H,17,22). The van der Waals surface area contributed by atoms with Crippen molar-refractivity contribution in [3.63, 3.8) is 0 Å². The Bertz CT molecular complexity index is 855. The van der Waals surface area contributed by atoms with Crippen molar-refractivity contribution in [2.45, 2.75) is 18.2 Å². The summed E-state index contributed by atoms with van der Waals surface area (Å²) in [5, 5.41) is 15.3. The monoisotopic (exact) mass is 360 g/mol. The number of rotatable bonds is 5. The zero-order chi connectivity index (χ0) is 17.1. The number of anilines is 2. The predicted octanol–water partition coefficient (Wildman–Crippen LogP) is 2.65. The molecule has 0 saturated heterocycles. The average Bonchev–Trinajstić information content (AvgIpc) is 3.12. The minimum atomic E-state index is -0.137. The van der Waals surface area contributed by atoms with Crippen LogP contribution >= 0.6 is 23.1 Å². The van der Waals surface area contributed by atoms with Crippen molar-refractivity contribution < 1.29 is 4.79 Å². The summed E-state index contributed by atoms with van der Waals surface area (Å²) in [6.45, 7) is 3.91. The molecule has 0 aliphatic carbocycles. The molecule has 3 aromatic rings. The summed E-state index contributed by atoms with van der Waals surface area (Å²) < 4.78 is 2.39. The first-order valence-electron chi connectivity index (χ1n) is 7.16. The summed E-state index contributed by atoms with van der Waals surface area (Å²) in [6.07, 6.45) is 0. The van der Waals surface area contributed by atoms with Crippen molar-refractivity contribution in [2.24, 2.45) is 0 Å². The first-order chi connectivity index (χ1) is 11.5. The lowest BCUT2D eigenvalue weighted by molar-refractivity contribution is -0.113. The highest BCUT2D eigenvalue weighted by molar-refractivity contribution is 8.01. The number of hydrogen-bond donors (Lipinski definition) is 2. The van der Waals surface area contributed by atoms with E-state index >= 15 is 0 Å². The highest BCUT2D eigenvalue weighted by Gasteiger charge is 2.12. The van der Waals surface area contributed by atoms with E-state index in [1.807, 2.05) is 44.2 Å². The molecule has 124 valence electrons. The van der Waals surface area contributed by atoms with Crippen LogP contribution in [0.3, 0.4) is 0 Å². The van der Waals surface area contributed by atoms with Gasteiger partial charge in [0.2, 0.25) is 11.0 Å². The molecule has 24 heavy (non-hydrogen) atoms. The van der Waals surface area contributed by atoms with Gasteiger partial charge in [0.15, 0.2) is 4.34 Å². The number of nitrogen functional groups attached to an aromatic ring is 1. The Morgan fingerprint density at radius 2 is 2.04 bits per heavy atom. The molecule has 1 amide bonds. The van der Waals surface area contributed by atoms with E-state index in [0.29, 0.717) is 15.3 Å². The number of carbonyl (C=O) groups excluding carboxylic acids is 1. The molecular weight excluding hydrogens is 344 g/mol. The molecule has 3 N–H and O–H groups in total. The van der Waals surface area contributed by atoms with Crippen LogP contribution in [0.15, 0.2) is 34.7 Å². The van der Waals surface area contributed by atoms with Crippen molar-refractivity contribution >= 4 is 40.0 Å². The third-order valence-electron chi connectivity index (χ3n) is 3.13. The smallest absolute Gasteiger partial charge is 0.235 e. The van der Waals surface area contributed by atoms with Gasteiger partial charge in [-0.3, -0.25) is 4.79 Å². The SMILES string of the molecule is Cc1ccc(-n2nc(C)cc2NC(=O)CSc2nnc(N)s2)cc1. The van der Waals surface area contributed by atoms with Crippen molar-refractivity contribution in [1.29, 1.82) is 0 Å². The van der Waals surface area contributed by atoms with E-state index in [1.165, 1.54) is 28.7 Å². The van der Waals surface area contributed by atoms with Crippen LogP contribution in [-0.2, 0) is 4.79 Å². The maximum atomic E-state index is 12.2. The molecule has 0 atom stereocenters. The number of aromatic nitrogens is 4. The molecule has 0 fully saturated rings. The molecule has 0 aliphatic heterocycles. The summed E-state index contributed by atoms with van der Waals surface area (Å²) in [4.78, 5) is 12.2. The van der Waals surface area contributed by atoms with Gasteiger partial charge in [-0.1, -0.05) is 40.8 Å². The maximum absolute atomic E-state index is 12.2. The Balaban J connectivity index is 1.70. The molecule has 0 aliphatic rings. The fraction of sp³-hybridized carbons (Fsp3) is 0.200. The number of carbonyl (C=O) groups is 1. The molecule has 2 aromatic heterocycles. The second kappa shape index (κ2) is 7.02. The molecule has 0 bridgehead atoms. The minimum absolute atomic E-state index is 0.137. The van der Waals surface area contributed by atoms with E-state index in [0.717, 1.165) is 11.4 Å². The molecule has 0 saturated carbocycles. The third-order valence-corrected chi connectivity index (χ3v) is 5.01. The first kappa shape index (κ1) is 16.5. The summed E-state index contributed by atoms with van der Waals surface area (Å²) in [5.41, 5.74) is 8.42. The fourth-order valence-corrected chi connectivity index (χ4v) is 3.49. The number of aryl methyl sites for hydroxylation is 2. The highest BCUT2D eigenvalue weighted by Crippen LogP contribution is 2.24. The van der Waals surface area contributed by atoms with Crippen molar-refractivity contribution in [2.75, 3.05) is 16.8 Å². The second-order valence-electron chi connectivity index (χ2n) is 5.16. The van der Waals surface area contributed by atoms with Crippen molar-refractivity contribution in [1.82, 2.24) is 20.0 Å². The van der Waals surface area contributed by atoms with Crippen LogP contribution in [0.5, 0.6) is 0 Å². The summed E-state index contributed by atoms with van der Waals surface area (Å²) in [7, 11) is 0. The molecule has 0 spiro atoms. The van der Waals surface area contributed by atoms with E-state index < -0.39 is 0 Å². The molecule has 0 unspecified atom stereocenters. The van der Waals surface area contributed by atoms with Gasteiger partial charge in [-0.25, -0.2) is 4.68 Å². The van der Waals surface area contributed by atoms with E-state index in [1.54, 1.807) is 4.68 Å². The van der Waals surface area contributed by atoms with Gasteiger partial charge in [-0.05, 0) is 26.0 Å². The number of nitrogens with zero attached hydrogens (tertiary/aromatic N) is 4. The van der Waals surface area contributed by atoms with Crippen LogP contribution < -0.4 is 11.1 Å². The van der Waals surface area contributed by atoms with E-state index in [-0.39, 0.29) is 11.7 Å². The first-order valence-corrected chi connectivity index (χ1v) is 8.97. The maximum Gasteiger partial charge on any atom is 0.235 e. The Morgan fingerprint density at radius 3 is 2.71 bits per heavy atom. The number of amides is 1. The van der Waals surface area contributed by atoms with E-state index in [4.69, 9.17) is 5.73 Å². The lowest BCUT2D eigenvalue weighted by Gasteiger charge is -2.08. The van der Waals surface area contributed by atoms with Crippen molar-refractivity contribution in [3.8, 4) is 5.69 Å². The Labute approximate surface area is 147 Å². The van der Waals surface area contributed by atoms with Gasteiger partial charge in [0.25, 0.3) is 0 Å². The van der Waals surface area contributed by atoms with Crippen LogP contribution in [0.2, 0.25) is 0 Å². The Kier molecular flexibility index (Phi) is 4.81. The molecule has 9 heteroatoms. The molecule has 2 heterocycles. The summed E-state index contributed by atoms with van der Waals surface area (Å²) in [6, 6.07) is 9.79. The Hall–Kier alpha value is -2.39. The van der Waals surface area contributed by atoms with Crippen molar-refractivity contribution in [3.05, 3.63) is 41.6 Å². The normalized spacial score (nSPS) is 10.8. The summed E-state index contributed by atoms with van der Waals surface area (Å²) in [5.74, 6) is 0.730. The topological polar surface area (TPSA) is 98.7 Å². The summed E-state index contributed by atoms with van der Waals surface area (Å²) >= 11 is 2.56. The van der Waals surface area contributed by atoms with Gasteiger partial charge < -0.3 is 11.1 Å². The quantitative estimate of drug-likeness (QED) is 0.679. The number of hydrogen-bond acceptors (Lipinski definition) is 7. The van der Waals surface area contributed by atoms with Crippen LogP contribution in [0.25, 0.3) is 5.69 Å².